The molecule has 36 heavy (non-hydrogen) atoms. The molecule has 2 aromatic carbocycles. The third-order valence-corrected chi connectivity index (χ3v) is 7.68. The maximum Gasteiger partial charge on any atom is 0.272 e. The zero-order valence-electron chi connectivity index (χ0n) is 20.7. The molecule has 2 aliphatic rings. The van der Waals surface area contributed by atoms with Crippen molar-refractivity contribution in [3.63, 3.8) is 0 Å². The average molecular weight is 554 g/mol. The van der Waals surface area contributed by atoms with Crippen LogP contribution in [0.4, 0.5) is 11.5 Å². The molecule has 2 fully saturated rings. The third-order valence-electron chi connectivity index (χ3n) is 7.19. The molecular weight excluding hydrogens is 522 g/mol. The topological polar surface area (TPSA) is 88.6 Å². The van der Waals surface area contributed by atoms with Gasteiger partial charge in [0, 0.05) is 54.6 Å². The van der Waals surface area contributed by atoms with Crippen molar-refractivity contribution in [1.82, 2.24) is 20.2 Å². The van der Waals surface area contributed by atoms with Crippen LogP contribution in [0.3, 0.4) is 0 Å². The number of likely N-dealkylation sites (tertiary alicyclic amines) is 1. The van der Waals surface area contributed by atoms with Crippen molar-refractivity contribution in [2.75, 3.05) is 38.7 Å². The molecule has 0 saturated carbocycles. The van der Waals surface area contributed by atoms with Gasteiger partial charge < -0.3 is 25.0 Å². The van der Waals surface area contributed by atoms with Crippen LogP contribution in [0.25, 0.3) is 10.8 Å². The van der Waals surface area contributed by atoms with Crippen LogP contribution in [0.5, 0.6) is 0 Å². The molecular formula is C27H32BrN5O3. The molecule has 5 rings (SSSR count). The second-order valence-corrected chi connectivity index (χ2v) is 10.4. The van der Waals surface area contributed by atoms with Crippen LogP contribution >= 0.6 is 15.9 Å². The van der Waals surface area contributed by atoms with Crippen LogP contribution in [0.15, 0.2) is 47.2 Å². The summed E-state index contributed by atoms with van der Waals surface area (Å²) in [5.41, 5.74) is 2.12. The Morgan fingerprint density at radius 1 is 1.11 bits per heavy atom. The SMILES string of the molecule is COC1COCCC1NC1CCN(C(=O)c2ncnc(Nc3ccc4cc(Br)ccc4c3)c2C)CC1. The number of rotatable bonds is 6. The number of hydrogen-bond donors (Lipinski definition) is 2. The van der Waals surface area contributed by atoms with Gasteiger partial charge in [-0.05, 0) is 61.2 Å². The standard InChI is InChI=1S/C27H32BrN5O3/c1-17-25(27(34)33-10-7-21(8-11-33)31-23-9-12-36-15-24(23)35-2)29-16-30-26(17)32-22-6-4-18-13-20(28)5-3-19(18)14-22/h3-6,13-14,16,21,23-24,31H,7-12,15H2,1-2H3,(H,29,30,32). The second-order valence-electron chi connectivity index (χ2n) is 9.50. The highest BCUT2D eigenvalue weighted by atomic mass is 79.9. The van der Waals surface area contributed by atoms with Crippen LogP contribution in [0.2, 0.25) is 0 Å². The fourth-order valence-corrected chi connectivity index (χ4v) is 5.44. The Labute approximate surface area is 219 Å². The molecule has 2 unspecified atom stereocenters. The Morgan fingerprint density at radius 2 is 1.89 bits per heavy atom. The first kappa shape index (κ1) is 25.1. The predicted molar refractivity (Wildman–Crippen MR) is 144 cm³/mol. The van der Waals surface area contributed by atoms with Gasteiger partial charge in [-0.2, -0.15) is 0 Å². The lowest BCUT2D eigenvalue weighted by molar-refractivity contribution is -0.0533. The summed E-state index contributed by atoms with van der Waals surface area (Å²) in [5.74, 6) is 0.604. The minimum atomic E-state index is -0.0411. The van der Waals surface area contributed by atoms with Crippen LogP contribution in [0, 0.1) is 6.92 Å². The van der Waals surface area contributed by atoms with Crippen LogP contribution in [0.1, 0.15) is 35.3 Å². The number of carbonyl (C=O) groups excluding carboxylic acids is 1. The monoisotopic (exact) mass is 553 g/mol. The molecule has 190 valence electrons. The number of benzene rings is 2. The van der Waals surface area contributed by atoms with Crippen LogP contribution in [-0.2, 0) is 9.47 Å². The van der Waals surface area contributed by atoms with Crippen molar-refractivity contribution in [2.24, 2.45) is 0 Å². The van der Waals surface area contributed by atoms with E-state index in [2.05, 4.69) is 60.8 Å². The number of aromatic nitrogens is 2. The molecule has 2 saturated heterocycles. The Kier molecular flexibility index (Phi) is 7.81. The minimum Gasteiger partial charge on any atom is -0.379 e. The van der Waals surface area contributed by atoms with Crippen molar-refractivity contribution < 1.29 is 14.3 Å². The van der Waals surface area contributed by atoms with Crippen molar-refractivity contribution in [1.29, 1.82) is 0 Å². The van der Waals surface area contributed by atoms with Gasteiger partial charge in [0.2, 0.25) is 0 Å². The van der Waals surface area contributed by atoms with Gasteiger partial charge in [-0.15, -0.1) is 0 Å². The van der Waals surface area contributed by atoms with Crippen molar-refractivity contribution in [3.05, 3.63) is 58.5 Å². The van der Waals surface area contributed by atoms with Gasteiger partial charge >= 0.3 is 0 Å². The van der Waals surface area contributed by atoms with Crippen molar-refractivity contribution in [3.8, 4) is 0 Å². The molecule has 0 spiro atoms. The van der Waals surface area contributed by atoms with E-state index >= 15 is 0 Å². The quantitative estimate of drug-likeness (QED) is 0.466. The third kappa shape index (κ3) is 5.54. The average Bonchev–Trinajstić information content (AvgIpc) is 2.90. The lowest BCUT2D eigenvalue weighted by Crippen LogP contribution is -2.54. The van der Waals surface area contributed by atoms with Gasteiger partial charge in [-0.25, -0.2) is 9.97 Å². The molecule has 9 heteroatoms. The van der Waals surface area contributed by atoms with E-state index in [4.69, 9.17) is 9.47 Å². The molecule has 3 aromatic rings. The number of piperidine rings is 1. The Balaban J connectivity index is 1.23. The van der Waals surface area contributed by atoms with Crippen molar-refractivity contribution in [2.45, 2.75) is 44.4 Å². The fourth-order valence-electron chi connectivity index (χ4n) is 5.06. The molecule has 2 aliphatic heterocycles. The molecule has 0 radical (unpaired) electrons. The number of fused-ring (bicyclic) bond motifs is 1. The Bertz CT molecular complexity index is 1230. The summed E-state index contributed by atoms with van der Waals surface area (Å²) in [5, 5.41) is 9.39. The number of halogens is 1. The Morgan fingerprint density at radius 3 is 2.69 bits per heavy atom. The summed E-state index contributed by atoms with van der Waals surface area (Å²) in [7, 11) is 1.74. The maximum atomic E-state index is 13.4. The largest absolute Gasteiger partial charge is 0.379 e. The molecule has 1 amide bonds. The van der Waals surface area contributed by atoms with Gasteiger partial charge in [-0.3, -0.25) is 4.79 Å². The summed E-state index contributed by atoms with van der Waals surface area (Å²) in [6.07, 6.45) is 4.30. The minimum absolute atomic E-state index is 0.0411. The number of anilines is 2. The first-order valence-corrected chi connectivity index (χ1v) is 13.2. The highest BCUT2D eigenvalue weighted by molar-refractivity contribution is 9.10. The molecule has 1 aromatic heterocycles. The number of carbonyl (C=O) groups is 1. The smallest absolute Gasteiger partial charge is 0.272 e. The van der Waals surface area contributed by atoms with E-state index in [1.165, 1.54) is 6.33 Å². The second kappa shape index (κ2) is 11.2. The van der Waals surface area contributed by atoms with E-state index < -0.39 is 0 Å². The van der Waals surface area contributed by atoms with Gasteiger partial charge in [0.15, 0.2) is 0 Å². The zero-order valence-corrected chi connectivity index (χ0v) is 22.3. The van der Waals surface area contributed by atoms with Gasteiger partial charge in [0.05, 0.1) is 12.7 Å². The summed E-state index contributed by atoms with van der Waals surface area (Å²) in [4.78, 5) is 24.1. The number of methoxy groups -OCH3 is 1. The predicted octanol–water partition coefficient (Wildman–Crippen LogP) is 4.44. The van der Waals surface area contributed by atoms with Gasteiger partial charge in [0.1, 0.15) is 17.8 Å². The first-order valence-electron chi connectivity index (χ1n) is 12.5. The fraction of sp³-hybridized carbons (Fsp3) is 0.444. The van der Waals surface area contributed by atoms with E-state index in [0.29, 0.717) is 43.3 Å². The van der Waals surface area contributed by atoms with E-state index in [-0.39, 0.29) is 12.0 Å². The lowest BCUT2D eigenvalue weighted by Gasteiger charge is -2.38. The number of hydrogen-bond acceptors (Lipinski definition) is 7. The summed E-state index contributed by atoms with van der Waals surface area (Å²) < 4.78 is 12.2. The summed E-state index contributed by atoms with van der Waals surface area (Å²) in [6.45, 7) is 4.69. The molecule has 3 heterocycles. The van der Waals surface area contributed by atoms with E-state index in [1.54, 1.807) is 7.11 Å². The van der Waals surface area contributed by atoms with Gasteiger partial charge in [-0.1, -0.05) is 28.1 Å². The molecule has 2 N–H and O–H groups in total. The van der Waals surface area contributed by atoms with E-state index in [1.807, 2.05) is 24.0 Å². The highest BCUT2D eigenvalue weighted by Crippen LogP contribution is 2.26. The molecule has 0 bridgehead atoms. The van der Waals surface area contributed by atoms with Crippen LogP contribution < -0.4 is 10.6 Å². The zero-order chi connectivity index (χ0) is 25.1. The molecule has 8 nitrogen and oxygen atoms in total. The highest BCUT2D eigenvalue weighted by Gasteiger charge is 2.31. The maximum absolute atomic E-state index is 13.4. The normalized spacial score (nSPS) is 21.0. The van der Waals surface area contributed by atoms with Crippen LogP contribution in [-0.4, -0.2) is 72.4 Å². The molecule has 0 aliphatic carbocycles. The number of amides is 1. The summed E-state index contributed by atoms with van der Waals surface area (Å²) in [6, 6.07) is 13.0. The first-order chi connectivity index (χ1) is 17.5. The number of nitrogens with zero attached hydrogens (tertiary/aromatic N) is 3. The number of nitrogens with one attached hydrogen (secondary N) is 2. The lowest BCUT2D eigenvalue weighted by atomic mass is 9.99. The number of ether oxygens (including phenoxy) is 2. The van der Waals surface area contributed by atoms with E-state index in [9.17, 15) is 4.79 Å². The van der Waals surface area contributed by atoms with E-state index in [0.717, 1.165) is 52.4 Å². The van der Waals surface area contributed by atoms with Gasteiger partial charge in [0.25, 0.3) is 5.91 Å². The molecule has 2 atom stereocenters. The van der Waals surface area contributed by atoms with Crippen molar-refractivity contribution >= 4 is 44.1 Å². The Hall–Kier alpha value is -2.59. The summed E-state index contributed by atoms with van der Waals surface area (Å²) >= 11 is 3.52.